The molecule has 0 bridgehead atoms. The fourth-order valence-electron chi connectivity index (χ4n) is 2.37. The van der Waals surface area contributed by atoms with Gasteiger partial charge in [0.15, 0.2) is 0 Å². The summed E-state index contributed by atoms with van der Waals surface area (Å²) in [6, 6.07) is 12.2. The second-order valence-corrected chi connectivity index (χ2v) is 7.41. The third-order valence-electron chi connectivity index (χ3n) is 3.97. The fraction of sp³-hybridized carbons (Fsp3) is 0.300. The number of anilines is 2. The lowest BCUT2D eigenvalue weighted by Crippen LogP contribution is -2.26. The average Bonchev–Trinajstić information content (AvgIpc) is 2.66. The van der Waals surface area contributed by atoms with Gasteiger partial charge in [-0.15, -0.1) is 11.8 Å². The average molecular weight is 410 g/mol. The number of halogens is 3. The Morgan fingerprint density at radius 3 is 2.29 bits per heavy atom. The summed E-state index contributed by atoms with van der Waals surface area (Å²) in [5.74, 6) is -0.878. The summed E-state index contributed by atoms with van der Waals surface area (Å²) in [6.45, 7) is 3.57. The Kier molecular flexibility index (Phi) is 7.51. The summed E-state index contributed by atoms with van der Waals surface area (Å²) >= 11 is 1.05. The van der Waals surface area contributed by atoms with Gasteiger partial charge in [0.2, 0.25) is 11.8 Å². The van der Waals surface area contributed by atoms with Crippen LogP contribution in [-0.4, -0.2) is 22.8 Å². The van der Waals surface area contributed by atoms with Crippen LogP contribution in [0.2, 0.25) is 0 Å². The Balaban J connectivity index is 1.88. The molecule has 2 aromatic carbocycles. The van der Waals surface area contributed by atoms with Gasteiger partial charge in [-0.25, -0.2) is 0 Å². The van der Waals surface area contributed by atoms with Crippen molar-refractivity contribution >= 4 is 35.0 Å². The van der Waals surface area contributed by atoms with E-state index >= 15 is 0 Å². The SMILES string of the molecule is CCc1ccc(NC(=O)CSC(C)C(=O)Nc2ccccc2C(F)(F)F)cc1. The van der Waals surface area contributed by atoms with Crippen molar-refractivity contribution in [2.45, 2.75) is 31.7 Å². The lowest BCUT2D eigenvalue weighted by molar-refractivity contribution is -0.137. The van der Waals surface area contributed by atoms with Gasteiger partial charge >= 0.3 is 6.18 Å². The number of para-hydroxylation sites is 1. The number of amides is 2. The van der Waals surface area contributed by atoms with Crippen LogP contribution in [0.15, 0.2) is 48.5 Å². The van der Waals surface area contributed by atoms with E-state index in [0.717, 1.165) is 29.8 Å². The van der Waals surface area contributed by atoms with E-state index in [1.807, 2.05) is 19.1 Å². The van der Waals surface area contributed by atoms with Crippen LogP contribution in [0.1, 0.15) is 25.0 Å². The largest absolute Gasteiger partial charge is 0.418 e. The number of benzene rings is 2. The van der Waals surface area contributed by atoms with Gasteiger partial charge in [-0.3, -0.25) is 9.59 Å². The number of aryl methyl sites for hydroxylation is 1. The molecule has 0 spiro atoms. The molecule has 2 amide bonds. The number of hydrogen-bond donors (Lipinski definition) is 2. The number of nitrogens with one attached hydrogen (secondary N) is 2. The van der Waals surface area contributed by atoms with Crippen LogP contribution < -0.4 is 10.6 Å². The molecule has 2 N–H and O–H groups in total. The molecule has 8 heteroatoms. The first-order chi connectivity index (χ1) is 13.2. The predicted molar refractivity (Wildman–Crippen MR) is 106 cm³/mol. The zero-order chi connectivity index (χ0) is 20.7. The van der Waals surface area contributed by atoms with E-state index < -0.39 is 22.9 Å². The van der Waals surface area contributed by atoms with Gasteiger partial charge in [0.05, 0.1) is 22.3 Å². The van der Waals surface area contributed by atoms with Crippen molar-refractivity contribution in [2.24, 2.45) is 0 Å². The molecule has 2 rings (SSSR count). The first-order valence-electron chi connectivity index (χ1n) is 8.68. The Morgan fingerprint density at radius 2 is 1.68 bits per heavy atom. The molecule has 1 atom stereocenters. The molecule has 2 aromatic rings. The van der Waals surface area contributed by atoms with E-state index in [4.69, 9.17) is 0 Å². The van der Waals surface area contributed by atoms with Crippen molar-refractivity contribution in [3.05, 3.63) is 59.7 Å². The second kappa shape index (κ2) is 9.64. The summed E-state index contributed by atoms with van der Waals surface area (Å²) in [4.78, 5) is 24.2. The highest BCUT2D eigenvalue weighted by Gasteiger charge is 2.33. The van der Waals surface area contributed by atoms with Crippen molar-refractivity contribution in [1.82, 2.24) is 0 Å². The van der Waals surface area contributed by atoms with E-state index in [2.05, 4.69) is 10.6 Å². The number of hydrogen-bond acceptors (Lipinski definition) is 3. The van der Waals surface area contributed by atoms with Crippen molar-refractivity contribution < 1.29 is 22.8 Å². The van der Waals surface area contributed by atoms with Gasteiger partial charge in [0.1, 0.15) is 0 Å². The molecule has 0 saturated carbocycles. The zero-order valence-corrected chi connectivity index (χ0v) is 16.3. The summed E-state index contributed by atoms with van der Waals surface area (Å²) in [5, 5.41) is 4.32. The third-order valence-corrected chi connectivity index (χ3v) is 5.11. The van der Waals surface area contributed by atoms with Crippen molar-refractivity contribution in [3.63, 3.8) is 0 Å². The topological polar surface area (TPSA) is 58.2 Å². The minimum atomic E-state index is -4.56. The van der Waals surface area contributed by atoms with Gasteiger partial charge in [-0.2, -0.15) is 13.2 Å². The molecular formula is C20H21F3N2O2S. The highest BCUT2D eigenvalue weighted by atomic mass is 32.2. The predicted octanol–water partition coefficient (Wildman–Crippen LogP) is 4.97. The molecule has 0 saturated heterocycles. The molecule has 0 fully saturated rings. The molecule has 1 unspecified atom stereocenters. The molecule has 0 aliphatic carbocycles. The van der Waals surface area contributed by atoms with Gasteiger partial charge in [-0.1, -0.05) is 31.2 Å². The van der Waals surface area contributed by atoms with E-state index in [9.17, 15) is 22.8 Å². The summed E-state index contributed by atoms with van der Waals surface area (Å²) < 4.78 is 39.0. The van der Waals surface area contributed by atoms with Gasteiger partial charge in [-0.05, 0) is 43.2 Å². The molecule has 4 nitrogen and oxygen atoms in total. The number of carbonyl (C=O) groups excluding carboxylic acids is 2. The molecule has 0 radical (unpaired) electrons. The van der Waals surface area contributed by atoms with Crippen molar-refractivity contribution in [1.29, 1.82) is 0 Å². The Hall–Kier alpha value is -2.48. The summed E-state index contributed by atoms with van der Waals surface area (Å²) in [5.41, 5.74) is 0.595. The first-order valence-corrected chi connectivity index (χ1v) is 9.73. The third kappa shape index (κ3) is 6.30. The van der Waals surface area contributed by atoms with Crippen LogP contribution in [0, 0.1) is 0 Å². The van der Waals surface area contributed by atoms with Gasteiger partial charge in [0.25, 0.3) is 0 Å². The lowest BCUT2D eigenvalue weighted by Gasteiger charge is -2.16. The maximum absolute atomic E-state index is 13.0. The van der Waals surface area contributed by atoms with Crippen LogP contribution >= 0.6 is 11.8 Å². The number of thioether (sulfide) groups is 1. The number of rotatable bonds is 7. The molecular weight excluding hydrogens is 389 g/mol. The maximum atomic E-state index is 13.0. The second-order valence-electron chi connectivity index (χ2n) is 6.08. The van der Waals surface area contributed by atoms with Crippen LogP contribution in [0.5, 0.6) is 0 Å². The summed E-state index contributed by atoms with van der Waals surface area (Å²) in [7, 11) is 0. The molecule has 0 heterocycles. The van der Waals surface area contributed by atoms with Crippen molar-refractivity contribution in [3.8, 4) is 0 Å². The number of alkyl halides is 3. The smallest absolute Gasteiger partial charge is 0.325 e. The standard InChI is InChI=1S/C20H21F3N2O2S/c1-3-14-8-10-15(11-9-14)24-18(26)12-28-13(2)19(27)25-17-7-5-4-6-16(17)20(21,22)23/h4-11,13H,3,12H2,1-2H3,(H,24,26)(H,25,27). The lowest BCUT2D eigenvalue weighted by atomic mass is 10.1. The highest BCUT2D eigenvalue weighted by Crippen LogP contribution is 2.34. The van der Waals surface area contributed by atoms with E-state index in [1.165, 1.54) is 18.2 Å². The quantitative estimate of drug-likeness (QED) is 0.678. The van der Waals surface area contributed by atoms with E-state index in [-0.39, 0.29) is 17.3 Å². The van der Waals surface area contributed by atoms with Crippen LogP contribution in [0.3, 0.4) is 0 Å². The van der Waals surface area contributed by atoms with Gasteiger partial charge in [0, 0.05) is 5.69 Å². The fourth-order valence-corrected chi connectivity index (χ4v) is 3.05. The van der Waals surface area contributed by atoms with Crippen molar-refractivity contribution in [2.75, 3.05) is 16.4 Å². The minimum absolute atomic E-state index is 0.00499. The molecule has 150 valence electrons. The Labute approximate surface area is 165 Å². The number of carbonyl (C=O) groups is 2. The zero-order valence-electron chi connectivity index (χ0n) is 15.5. The normalized spacial score (nSPS) is 12.3. The van der Waals surface area contributed by atoms with Crippen LogP contribution in [0.4, 0.5) is 24.5 Å². The highest BCUT2D eigenvalue weighted by molar-refractivity contribution is 8.01. The van der Waals surface area contributed by atoms with E-state index in [0.29, 0.717) is 5.69 Å². The summed E-state index contributed by atoms with van der Waals surface area (Å²) in [6.07, 6.45) is -3.67. The molecule has 0 aromatic heterocycles. The van der Waals surface area contributed by atoms with Gasteiger partial charge < -0.3 is 10.6 Å². The van der Waals surface area contributed by atoms with Crippen LogP contribution in [0.25, 0.3) is 0 Å². The molecule has 0 aliphatic rings. The monoisotopic (exact) mass is 410 g/mol. The molecule has 0 aliphatic heterocycles. The van der Waals surface area contributed by atoms with Crippen LogP contribution in [-0.2, 0) is 22.2 Å². The Bertz CT molecular complexity index is 823. The first kappa shape index (κ1) is 21.8. The Morgan fingerprint density at radius 1 is 1.04 bits per heavy atom. The molecule has 28 heavy (non-hydrogen) atoms. The maximum Gasteiger partial charge on any atom is 0.418 e. The van der Waals surface area contributed by atoms with E-state index in [1.54, 1.807) is 19.1 Å². The minimum Gasteiger partial charge on any atom is -0.325 e.